The number of rotatable bonds is 8. The molecule has 8 heteroatoms. The van der Waals surface area contributed by atoms with Crippen LogP contribution in [0.4, 0.5) is 11.4 Å². The molecule has 1 aliphatic carbocycles. The van der Waals surface area contributed by atoms with E-state index in [2.05, 4.69) is 10.6 Å². The highest BCUT2D eigenvalue weighted by molar-refractivity contribution is 6.01. The normalized spacial score (nSPS) is 18.1. The first kappa shape index (κ1) is 27.2. The van der Waals surface area contributed by atoms with E-state index in [9.17, 15) is 4.79 Å². The molecule has 0 saturated heterocycles. The van der Waals surface area contributed by atoms with Gasteiger partial charge in [0.1, 0.15) is 5.75 Å². The molecule has 0 spiro atoms. The second-order valence-electron chi connectivity index (χ2n) is 10.2. The first-order valence-electron chi connectivity index (χ1n) is 13.4. The van der Waals surface area contributed by atoms with Crippen molar-refractivity contribution < 1.29 is 28.5 Å². The van der Waals surface area contributed by atoms with Gasteiger partial charge in [0.15, 0.2) is 28.8 Å². The molecule has 0 amide bonds. The van der Waals surface area contributed by atoms with E-state index in [0.717, 1.165) is 28.2 Å². The maximum Gasteiger partial charge on any atom is 0.164 e. The fraction of sp³-hybridized carbons (Fsp3) is 0.344. The number of carbonyl (C=O) groups excluding carboxylic acids is 1. The number of ether oxygens (including phenoxy) is 5. The van der Waals surface area contributed by atoms with Crippen LogP contribution in [0.5, 0.6) is 28.7 Å². The van der Waals surface area contributed by atoms with Crippen molar-refractivity contribution in [3.05, 3.63) is 77.0 Å². The maximum atomic E-state index is 14.1. The van der Waals surface area contributed by atoms with Gasteiger partial charge >= 0.3 is 0 Å². The summed E-state index contributed by atoms with van der Waals surface area (Å²) in [6.45, 7) is 3.96. The van der Waals surface area contributed by atoms with Crippen molar-refractivity contribution in [1.82, 2.24) is 0 Å². The molecule has 210 valence electrons. The molecule has 2 atom stereocenters. The molecule has 0 radical (unpaired) electrons. The van der Waals surface area contributed by atoms with Crippen molar-refractivity contribution in [1.29, 1.82) is 0 Å². The highest BCUT2D eigenvalue weighted by Gasteiger charge is 2.37. The number of Topliss-reactive ketones (excluding diaryl/α,β-unsaturated/α-hetero) is 1. The predicted molar refractivity (Wildman–Crippen MR) is 155 cm³/mol. The lowest BCUT2D eigenvalue weighted by Gasteiger charge is -2.31. The quantitative estimate of drug-likeness (QED) is 0.333. The maximum absolute atomic E-state index is 14.1. The van der Waals surface area contributed by atoms with Crippen LogP contribution in [0.25, 0.3) is 0 Å². The number of anilines is 2. The summed E-state index contributed by atoms with van der Waals surface area (Å²) in [5, 5.41) is 7.20. The lowest BCUT2D eigenvalue weighted by atomic mass is 9.78. The monoisotopic (exact) mass is 544 g/mol. The number of carbonyl (C=O) groups is 1. The number of hydrogen-bond acceptors (Lipinski definition) is 8. The van der Waals surface area contributed by atoms with Crippen molar-refractivity contribution in [3.63, 3.8) is 0 Å². The average Bonchev–Trinajstić information content (AvgIpc) is 3.13. The lowest BCUT2D eigenvalue weighted by Crippen LogP contribution is -2.27. The molecule has 5 rings (SSSR count). The summed E-state index contributed by atoms with van der Waals surface area (Å²) in [7, 11) is 6.43. The van der Waals surface area contributed by atoms with Gasteiger partial charge in [-0.25, -0.2) is 0 Å². The van der Waals surface area contributed by atoms with Crippen molar-refractivity contribution in [3.8, 4) is 28.7 Å². The third-order valence-electron chi connectivity index (χ3n) is 7.38. The summed E-state index contributed by atoms with van der Waals surface area (Å²) in [6, 6.07) is 17.1. The van der Waals surface area contributed by atoms with Gasteiger partial charge in [-0.05, 0) is 62.1 Å². The molecule has 40 heavy (non-hydrogen) atoms. The zero-order chi connectivity index (χ0) is 28.4. The molecule has 0 bridgehead atoms. The molecule has 1 heterocycles. The van der Waals surface area contributed by atoms with Crippen molar-refractivity contribution in [2.75, 3.05) is 39.1 Å². The molecule has 2 aliphatic rings. The third kappa shape index (κ3) is 5.13. The van der Waals surface area contributed by atoms with Gasteiger partial charge in [0.05, 0.1) is 52.0 Å². The number of hydrogen-bond donors (Lipinski definition) is 2. The predicted octanol–water partition coefficient (Wildman–Crippen LogP) is 6.49. The number of ketones is 1. The number of fused-ring (bicyclic) bond motifs is 1. The number of allylic oxidation sites excluding steroid dienone is 1. The van der Waals surface area contributed by atoms with E-state index in [1.54, 1.807) is 34.5 Å². The Morgan fingerprint density at radius 2 is 1.40 bits per heavy atom. The van der Waals surface area contributed by atoms with E-state index in [-0.39, 0.29) is 17.8 Å². The van der Waals surface area contributed by atoms with Crippen LogP contribution in [-0.2, 0) is 4.79 Å². The van der Waals surface area contributed by atoms with Gasteiger partial charge < -0.3 is 34.3 Å². The largest absolute Gasteiger partial charge is 0.496 e. The molecule has 1 aliphatic heterocycles. The van der Waals surface area contributed by atoms with Crippen molar-refractivity contribution in [2.24, 2.45) is 0 Å². The Kier molecular flexibility index (Phi) is 7.78. The number of benzene rings is 3. The molecule has 0 saturated carbocycles. The molecule has 2 N–H and O–H groups in total. The molecular formula is C32H36N2O6. The summed E-state index contributed by atoms with van der Waals surface area (Å²) in [5.41, 5.74) is 5.17. The Morgan fingerprint density at radius 3 is 2.08 bits per heavy atom. The molecule has 8 nitrogen and oxygen atoms in total. The molecular weight excluding hydrogens is 508 g/mol. The first-order valence-corrected chi connectivity index (χ1v) is 13.4. The molecule has 0 aromatic heterocycles. The van der Waals surface area contributed by atoms with Gasteiger partial charge in [-0.15, -0.1) is 0 Å². The zero-order valence-electron chi connectivity index (χ0n) is 23.8. The Labute approximate surface area is 235 Å². The number of nitrogens with one attached hydrogen (secondary N) is 2. The fourth-order valence-corrected chi connectivity index (χ4v) is 5.53. The second kappa shape index (κ2) is 11.4. The smallest absolute Gasteiger partial charge is 0.164 e. The van der Waals surface area contributed by atoms with Crippen LogP contribution in [0, 0.1) is 0 Å². The topological polar surface area (TPSA) is 87.3 Å². The minimum Gasteiger partial charge on any atom is -0.496 e. The zero-order valence-corrected chi connectivity index (χ0v) is 23.8. The van der Waals surface area contributed by atoms with E-state index < -0.39 is 6.04 Å². The Bertz CT molecular complexity index is 1450. The molecule has 3 aromatic rings. The summed E-state index contributed by atoms with van der Waals surface area (Å²) >= 11 is 0. The Balaban J connectivity index is 1.60. The van der Waals surface area contributed by atoms with E-state index in [1.165, 1.54) is 0 Å². The number of para-hydroxylation sites is 2. The van der Waals surface area contributed by atoms with Crippen LogP contribution >= 0.6 is 0 Å². The Hall–Kier alpha value is -4.33. The number of methoxy groups -OCH3 is 4. The van der Waals surface area contributed by atoms with Crippen LogP contribution in [-0.4, -0.2) is 40.3 Å². The Morgan fingerprint density at radius 1 is 0.750 bits per heavy atom. The third-order valence-corrected chi connectivity index (χ3v) is 7.38. The van der Waals surface area contributed by atoms with Gasteiger partial charge in [-0.2, -0.15) is 0 Å². The molecule has 3 aromatic carbocycles. The minimum atomic E-state index is -0.467. The summed E-state index contributed by atoms with van der Waals surface area (Å²) < 4.78 is 28.4. The van der Waals surface area contributed by atoms with Gasteiger partial charge in [-0.3, -0.25) is 4.79 Å². The van der Waals surface area contributed by atoms with E-state index >= 15 is 0 Å². The van der Waals surface area contributed by atoms with Gasteiger partial charge in [0.25, 0.3) is 0 Å². The molecule has 2 unspecified atom stereocenters. The SMILES string of the molecule is COc1cc(OC)c(C2Nc3ccccc3NC3=C2C(=O)CC(c2ccc(OC(C)C)c(OC)c2)C3)cc1OC. The average molecular weight is 545 g/mol. The summed E-state index contributed by atoms with van der Waals surface area (Å²) in [6.07, 6.45) is 1.03. The first-order chi connectivity index (χ1) is 19.4. The van der Waals surface area contributed by atoms with Crippen LogP contribution < -0.4 is 34.3 Å². The second-order valence-corrected chi connectivity index (χ2v) is 10.2. The standard InChI is InChI=1S/C32H36N2O6/c1-18(2)40-26-12-11-19(15-28(26)37-4)20-13-24-31(25(35)14-20)32(34-23-10-8-7-9-22(23)33-24)21-16-29(38-5)30(39-6)17-27(21)36-3/h7-12,15-18,20,32-34H,13-14H2,1-6H3. The van der Waals surface area contributed by atoms with Crippen molar-refractivity contribution in [2.45, 2.75) is 44.8 Å². The van der Waals surface area contributed by atoms with Gasteiger partial charge in [-0.1, -0.05) is 18.2 Å². The van der Waals surface area contributed by atoms with Crippen molar-refractivity contribution >= 4 is 17.2 Å². The van der Waals surface area contributed by atoms with E-state index in [4.69, 9.17) is 23.7 Å². The van der Waals surface area contributed by atoms with Crippen LogP contribution in [0.2, 0.25) is 0 Å². The van der Waals surface area contributed by atoms with E-state index in [0.29, 0.717) is 47.2 Å². The van der Waals surface area contributed by atoms with Crippen LogP contribution in [0.1, 0.15) is 49.8 Å². The van der Waals surface area contributed by atoms with E-state index in [1.807, 2.05) is 62.4 Å². The summed E-state index contributed by atoms with van der Waals surface area (Å²) in [5.74, 6) is 3.09. The lowest BCUT2D eigenvalue weighted by molar-refractivity contribution is -0.116. The van der Waals surface area contributed by atoms with Crippen LogP contribution in [0.15, 0.2) is 65.9 Å². The highest BCUT2D eigenvalue weighted by atomic mass is 16.5. The van der Waals surface area contributed by atoms with Gasteiger partial charge in [0, 0.05) is 29.3 Å². The van der Waals surface area contributed by atoms with Gasteiger partial charge in [0.2, 0.25) is 0 Å². The van der Waals surface area contributed by atoms with Crippen LogP contribution in [0.3, 0.4) is 0 Å². The minimum absolute atomic E-state index is 0.0250. The molecule has 0 fully saturated rings. The fourth-order valence-electron chi connectivity index (χ4n) is 5.53. The summed E-state index contributed by atoms with van der Waals surface area (Å²) in [4.78, 5) is 14.1. The highest BCUT2D eigenvalue weighted by Crippen LogP contribution is 2.48.